The van der Waals surface area contributed by atoms with E-state index in [9.17, 15) is 4.79 Å². The molecule has 29 heavy (non-hydrogen) atoms. The van der Waals surface area contributed by atoms with E-state index >= 15 is 0 Å². The monoisotopic (exact) mass is 433 g/mol. The third-order valence-electron chi connectivity index (χ3n) is 5.15. The van der Waals surface area contributed by atoms with Gasteiger partial charge in [0.1, 0.15) is 5.75 Å². The van der Waals surface area contributed by atoms with Crippen LogP contribution in [-0.4, -0.2) is 22.2 Å². The van der Waals surface area contributed by atoms with Crippen LogP contribution in [0.3, 0.4) is 0 Å². The van der Waals surface area contributed by atoms with Gasteiger partial charge in [0.05, 0.1) is 18.5 Å². The van der Waals surface area contributed by atoms with Crippen LogP contribution in [0.25, 0.3) is 10.9 Å². The molecule has 0 radical (unpaired) electrons. The largest absolute Gasteiger partial charge is 0.494 e. The van der Waals surface area contributed by atoms with Crippen LogP contribution in [0.1, 0.15) is 35.1 Å². The fourth-order valence-electron chi connectivity index (χ4n) is 3.66. The quantitative estimate of drug-likeness (QED) is 0.420. The van der Waals surface area contributed by atoms with Gasteiger partial charge in [-0.05, 0) is 74.1 Å². The summed E-state index contributed by atoms with van der Waals surface area (Å²) >= 11 is 12.5. The van der Waals surface area contributed by atoms with Crippen LogP contribution in [0.4, 0.5) is 0 Å². The maximum absolute atomic E-state index is 11.0. The van der Waals surface area contributed by atoms with Crippen molar-refractivity contribution < 1.29 is 14.6 Å². The van der Waals surface area contributed by atoms with Gasteiger partial charge in [0, 0.05) is 28.2 Å². The van der Waals surface area contributed by atoms with E-state index in [4.69, 9.17) is 33.0 Å². The van der Waals surface area contributed by atoms with E-state index in [0.29, 0.717) is 18.2 Å². The van der Waals surface area contributed by atoms with Crippen molar-refractivity contribution in [1.82, 2.24) is 4.57 Å². The van der Waals surface area contributed by atoms with Crippen molar-refractivity contribution in [1.29, 1.82) is 0 Å². The molecule has 0 saturated carbocycles. The fraction of sp³-hybridized carbons (Fsp3) is 0.348. The summed E-state index contributed by atoms with van der Waals surface area (Å²) < 4.78 is 7.93. The molecular weight excluding hydrogens is 409 g/mol. The molecule has 0 aliphatic rings. The fourth-order valence-corrected chi connectivity index (χ4v) is 3.92. The van der Waals surface area contributed by atoms with Gasteiger partial charge >= 0.3 is 5.97 Å². The number of hydrogen-bond donors (Lipinski definition) is 1. The molecule has 3 rings (SSSR count). The SMILES string of the molecule is Cc1cc(OCCCc2cn(CCC(=O)O)c3c(C)c(Cl)ccc23)cc(C)c1Cl. The average Bonchev–Trinajstić information content (AvgIpc) is 3.02. The van der Waals surface area contributed by atoms with Gasteiger partial charge in [-0.25, -0.2) is 0 Å². The van der Waals surface area contributed by atoms with E-state index in [1.165, 1.54) is 5.56 Å². The van der Waals surface area contributed by atoms with Gasteiger partial charge in [0.25, 0.3) is 0 Å². The summed E-state index contributed by atoms with van der Waals surface area (Å²) in [6, 6.07) is 7.83. The van der Waals surface area contributed by atoms with Gasteiger partial charge in [-0.15, -0.1) is 0 Å². The Morgan fingerprint density at radius 3 is 2.48 bits per heavy atom. The summed E-state index contributed by atoms with van der Waals surface area (Å²) in [5, 5.41) is 11.6. The minimum absolute atomic E-state index is 0.0769. The number of fused-ring (bicyclic) bond motifs is 1. The molecule has 6 heteroatoms. The van der Waals surface area contributed by atoms with Crippen molar-refractivity contribution in [3.8, 4) is 5.75 Å². The first-order valence-corrected chi connectivity index (χ1v) is 10.4. The topological polar surface area (TPSA) is 51.5 Å². The molecule has 4 nitrogen and oxygen atoms in total. The number of carbonyl (C=O) groups is 1. The lowest BCUT2D eigenvalue weighted by Crippen LogP contribution is -2.04. The van der Waals surface area contributed by atoms with Crippen LogP contribution in [0.2, 0.25) is 10.0 Å². The molecule has 0 aliphatic heterocycles. The van der Waals surface area contributed by atoms with Gasteiger partial charge in [-0.3, -0.25) is 4.79 Å². The molecule has 1 N–H and O–H groups in total. The van der Waals surface area contributed by atoms with Crippen molar-refractivity contribution >= 4 is 40.1 Å². The summed E-state index contributed by atoms with van der Waals surface area (Å²) in [7, 11) is 0. The summed E-state index contributed by atoms with van der Waals surface area (Å²) in [5.74, 6) is 0.0194. The molecule has 0 unspecified atom stereocenters. The molecular formula is C23H25Cl2NO3. The van der Waals surface area contributed by atoms with E-state index in [2.05, 4.69) is 0 Å². The van der Waals surface area contributed by atoms with Crippen molar-refractivity contribution in [2.75, 3.05) is 6.61 Å². The molecule has 0 saturated heterocycles. The lowest BCUT2D eigenvalue weighted by molar-refractivity contribution is -0.137. The molecule has 2 aromatic carbocycles. The second-order valence-corrected chi connectivity index (χ2v) is 8.17. The number of benzene rings is 2. The van der Waals surface area contributed by atoms with Gasteiger partial charge < -0.3 is 14.4 Å². The Morgan fingerprint density at radius 2 is 1.83 bits per heavy atom. The van der Waals surface area contributed by atoms with E-state index < -0.39 is 5.97 Å². The first-order valence-electron chi connectivity index (χ1n) is 9.66. The first-order chi connectivity index (χ1) is 13.8. The highest BCUT2D eigenvalue weighted by atomic mass is 35.5. The van der Waals surface area contributed by atoms with E-state index in [-0.39, 0.29) is 6.42 Å². The highest BCUT2D eigenvalue weighted by Crippen LogP contribution is 2.31. The highest BCUT2D eigenvalue weighted by molar-refractivity contribution is 6.32. The minimum atomic E-state index is -0.810. The van der Waals surface area contributed by atoms with Crippen molar-refractivity contribution in [3.05, 3.63) is 62.8 Å². The molecule has 0 spiro atoms. The van der Waals surface area contributed by atoms with Gasteiger partial charge in [0.15, 0.2) is 0 Å². The summed E-state index contributed by atoms with van der Waals surface area (Å²) in [6.07, 6.45) is 3.81. The number of hydrogen-bond acceptors (Lipinski definition) is 2. The zero-order chi connectivity index (χ0) is 21.1. The second-order valence-electron chi connectivity index (χ2n) is 7.38. The molecule has 0 fully saturated rings. The predicted octanol–water partition coefficient (Wildman–Crippen LogP) is 6.36. The molecule has 0 aliphatic carbocycles. The van der Waals surface area contributed by atoms with Crippen LogP contribution in [0, 0.1) is 20.8 Å². The number of nitrogens with zero attached hydrogens (tertiary/aromatic N) is 1. The van der Waals surface area contributed by atoms with Crippen LogP contribution < -0.4 is 4.74 Å². The summed E-state index contributed by atoms with van der Waals surface area (Å²) in [6.45, 7) is 6.94. The maximum atomic E-state index is 11.0. The lowest BCUT2D eigenvalue weighted by Gasteiger charge is -2.10. The molecule has 154 valence electrons. The second kappa shape index (κ2) is 9.10. The van der Waals surface area contributed by atoms with E-state index in [1.54, 1.807) is 0 Å². The van der Waals surface area contributed by atoms with E-state index in [0.717, 1.165) is 51.2 Å². The average molecular weight is 434 g/mol. The number of halogens is 2. The van der Waals surface area contributed by atoms with Gasteiger partial charge in [0.2, 0.25) is 0 Å². The zero-order valence-electron chi connectivity index (χ0n) is 16.9. The summed E-state index contributed by atoms with van der Waals surface area (Å²) in [5.41, 5.74) is 5.19. The number of rotatable bonds is 8. The first kappa shape index (κ1) is 21.5. The number of carboxylic acid groups (broad SMARTS) is 1. The molecule has 1 aromatic heterocycles. The van der Waals surface area contributed by atoms with Crippen molar-refractivity contribution in [2.45, 2.75) is 46.6 Å². The maximum Gasteiger partial charge on any atom is 0.305 e. The Hall–Kier alpha value is -2.17. The molecule has 0 atom stereocenters. The van der Waals surface area contributed by atoms with E-state index in [1.807, 2.05) is 55.8 Å². The van der Waals surface area contributed by atoms with Gasteiger partial charge in [-0.1, -0.05) is 29.3 Å². The smallest absolute Gasteiger partial charge is 0.305 e. The third kappa shape index (κ3) is 4.88. The predicted molar refractivity (Wildman–Crippen MR) is 119 cm³/mol. The Bertz CT molecular complexity index is 1030. The Balaban J connectivity index is 1.73. The van der Waals surface area contributed by atoms with Crippen LogP contribution in [-0.2, 0) is 17.8 Å². The molecule has 3 aromatic rings. The lowest BCUT2D eigenvalue weighted by atomic mass is 10.1. The molecule has 0 amide bonds. The van der Waals surface area contributed by atoms with Gasteiger partial charge in [-0.2, -0.15) is 0 Å². The number of aryl methyl sites for hydroxylation is 5. The standard InChI is InChI=1S/C23H25Cl2NO3/c1-14-11-18(12-15(2)22(14)25)29-10-4-5-17-13-26(9-8-21(27)28)23-16(3)20(24)7-6-19(17)23/h6-7,11-13H,4-5,8-10H2,1-3H3,(H,27,28). The number of carboxylic acids is 1. The van der Waals surface area contributed by atoms with Crippen molar-refractivity contribution in [2.24, 2.45) is 0 Å². The Morgan fingerprint density at radius 1 is 1.14 bits per heavy atom. The number of ether oxygens (including phenoxy) is 1. The van der Waals surface area contributed by atoms with Crippen LogP contribution in [0.5, 0.6) is 5.75 Å². The Kier molecular flexibility index (Phi) is 6.76. The third-order valence-corrected chi connectivity index (χ3v) is 6.15. The Labute approximate surface area is 181 Å². The number of aromatic nitrogens is 1. The normalized spacial score (nSPS) is 11.2. The minimum Gasteiger partial charge on any atom is -0.494 e. The zero-order valence-corrected chi connectivity index (χ0v) is 18.4. The highest BCUT2D eigenvalue weighted by Gasteiger charge is 2.13. The van der Waals surface area contributed by atoms with Crippen LogP contribution in [0.15, 0.2) is 30.5 Å². The number of aliphatic carboxylic acids is 1. The summed E-state index contributed by atoms with van der Waals surface area (Å²) in [4.78, 5) is 11.0. The molecule has 0 bridgehead atoms. The van der Waals surface area contributed by atoms with Crippen molar-refractivity contribution in [3.63, 3.8) is 0 Å². The molecule has 1 heterocycles. The van der Waals surface area contributed by atoms with Crippen LogP contribution >= 0.6 is 23.2 Å².